The average Bonchev–Trinajstić information content (AvgIpc) is 2.39. The van der Waals surface area contributed by atoms with Crippen molar-refractivity contribution in [3.05, 3.63) is 46.9 Å². The molecule has 1 rings (SSSR count). The Hall–Kier alpha value is -1.80. The molecule has 0 N–H and O–H groups in total. The lowest BCUT2D eigenvalue weighted by Gasteiger charge is -2.04. The minimum atomic E-state index is -0.664. The molecule has 88 valence electrons. The van der Waals surface area contributed by atoms with Gasteiger partial charge in [0.15, 0.2) is 0 Å². The molecule has 0 saturated heterocycles. The fourth-order valence-corrected chi connectivity index (χ4v) is 1.67. The molecule has 0 saturated carbocycles. The summed E-state index contributed by atoms with van der Waals surface area (Å²) in [5.74, 6) is 0.0409. The van der Waals surface area contributed by atoms with E-state index in [4.69, 9.17) is 11.3 Å². The lowest BCUT2D eigenvalue weighted by Crippen LogP contribution is -2.02. The minimum Gasteiger partial charge on any atom is -0.497 e. The number of methoxy groups -OCH3 is 2. The van der Waals surface area contributed by atoms with Crippen molar-refractivity contribution in [1.29, 1.82) is 0 Å². The lowest BCUT2D eigenvalue weighted by molar-refractivity contribution is -0.135. The maximum Gasteiger partial charge on any atom is 0.337 e. The van der Waals surface area contributed by atoms with Crippen LogP contribution in [0.5, 0.6) is 5.75 Å². The quantitative estimate of drug-likeness (QED) is 0.489. The van der Waals surface area contributed by atoms with Gasteiger partial charge in [0.2, 0.25) is 0 Å². The van der Waals surface area contributed by atoms with Gasteiger partial charge in [-0.2, -0.15) is 0 Å². The van der Waals surface area contributed by atoms with Crippen LogP contribution in [-0.2, 0) is 9.53 Å². The molecule has 0 amide bonds. The van der Waals surface area contributed by atoms with Crippen LogP contribution in [0.1, 0.15) is 5.56 Å². The van der Waals surface area contributed by atoms with Gasteiger partial charge in [0.25, 0.3) is 5.70 Å². The van der Waals surface area contributed by atoms with E-state index >= 15 is 0 Å². The molecule has 0 bridgehead atoms. The summed E-state index contributed by atoms with van der Waals surface area (Å²) < 4.78 is 9.95. The van der Waals surface area contributed by atoms with E-state index in [0.717, 1.165) is 0 Å². The lowest BCUT2D eigenvalue weighted by atomic mass is 10.2. The first kappa shape index (κ1) is 13.3. The number of ether oxygens (including phenoxy) is 2. The van der Waals surface area contributed by atoms with Gasteiger partial charge in [0.05, 0.1) is 20.8 Å². The number of benzene rings is 1. The van der Waals surface area contributed by atoms with Crippen molar-refractivity contribution in [1.82, 2.24) is 0 Å². The van der Waals surface area contributed by atoms with Crippen LogP contribution < -0.4 is 4.74 Å². The Bertz CT molecular complexity index is 485. The number of hydrogen-bond donors (Lipinski definition) is 0. The van der Waals surface area contributed by atoms with Crippen molar-refractivity contribution in [2.24, 2.45) is 0 Å². The summed E-state index contributed by atoms with van der Waals surface area (Å²) in [6.07, 6.45) is 0. The van der Waals surface area contributed by atoms with Gasteiger partial charge in [0.1, 0.15) is 5.75 Å². The molecule has 1 aromatic rings. The molecule has 1 aromatic carbocycles. The molecule has 0 aliphatic carbocycles. The monoisotopic (exact) mass is 295 g/mol. The molecule has 0 atom stereocenters. The third kappa shape index (κ3) is 3.08. The zero-order valence-electron chi connectivity index (χ0n) is 9.36. The fraction of sp³-hybridized carbons (Fsp3) is 0.167. The van der Waals surface area contributed by atoms with Gasteiger partial charge in [-0.05, 0) is 17.7 Å². The van der Waals surface area contributed by atoms with Crippen molar-refractivity contribution in [2.75, 3.05) is 14.2 Å². The fourth-order valence-electron chi connectivity index (χ4n) is 1.16. The van der Waals surface area contributed by atoms with Gasteiger partial charge in [-0.3, -0.25) is 4.79 Å². The second-order valence-electron chi connectivity index (χ2n) is 2.99. The third-order valence-corrected chi connectivity index (χ3v) is 2.88. The smallest absolute Gasteiger partial charge is 0.337 e. The predicted octanol–water partition coefficient (Wildman–Crippen LogP) is 2.85. The second kappa shape index (κ2) is 6.06. The maximum absolute atomic E-state index is 11.3. The van der Waals surface area contributed by atoms with Gasteiger partial charge in [-0.15, -0.1) is 0 Å². The van der Waals surface area contributed by atoms with Crippen molar-refractivity contribution < 1.29 is 14.3 Å². The number of halogens is 1. The Labute approximate surface area is 108 Å². The van der Waals surface area contributed by atoms with E-state index in [2.05, 4.69) is 25.5 Å². The molecule has 0 aromatic heterocycles. The first-order valence-corrected chi connectivity index (χ1v) is 5.43. The SMILES string of the molecule is [C-]#[N+]/C(C(=O)OC)=C(\Br)c1ccc(OC)cc1. The molecule has 0 aliphatic rings. The largest absolute Gasteiger partial charge is 0.497 e. The molecule has 4 nitrogen and oxygen atoms in total. The van der Waals surface area contributed by atoms with Crippen LogP contribution in [0, 0.1) is 6.57 Å². The summed E-state index contributed by atoms with van der Waals surface area (Å²) >= 11 is 3.22. The average molecular weight is 296 g/mol. The van der Waals surface area contributed by atoms with Crippen LogP contribution in [0.2, 0.25) is 0 Å². The van der Waals surface area contributed by atoms with Crippen LogP contribution in [0.25, 0.3) is 9.33 Å². The molecule has 0 heterocycles. The Balaban J connectivity index is 3.17. The minimum absolute atomic E-state index is 0.0855. The number of carbonyl (C=O) groups is 1. The summed E-state index contributed by atoms with van der Waals surface area (Å²) in [7, 11) is 2.81. The summed E-state index contributed by atoms with van der Waals surface area (Å²) in [6.45, 7) is 6.96. The standard InChI is InChI=1S/C12H10BrNO3/c1-14-11(12(15)17-3)10(13)8-4-6-9(16-2)7-5-8/h4-7H,2-3H3/b11-10-. The van der Waals surface area contributed by atoms with Gasteiger partial charge < -0.3 is 9.47 Å². The van der Waals surface area contributed by atoms with Crippen LogP contribution in [0.3, 0.4) is 0 Å². The second-order valence-corrected chi connectivity index (χ2v) is 3.79. The van der Waals surface area contributed by atoms with Crippen LogP contribution >= 0.6 is 15.9 Å². The normalized spacial score (nSPS) is 11.2. The van der Waals surface area contributed by atoms with Gasteiger partial charge in [-0.1, -0.05) is 28.1 Å². The molecular formula is C12H10BrNO3. The highest BCUT2D eigenvalue weighted by atomic mass is 79.9. The van der Waals surface area contributed by atoms with Crippen molar-refractivity contribution >= 4 is 26.4 Å². The Morgan fingerprint density at radius 3 is 2.29 bits per heavy atom. The van der Waals surface area contributed by atoms with E-state index in [0.29, 0.717) is 15.8 Å². The van der Waals surface area contributed by atoms with Crippen LogP contribution in [0.15, 0.2) is 30.0 Å². The third-order valence-electron chi connectivity index (χ3n) is 2.04. The van der Waals surface area contributed by atoms with E-state index in [1.807, 2.05) is 0 Å². The zero-order valence-corrected chi connectivity index (χ0v) is 10.9. The number of carbonyl (C=O) groups excluding carboxylic acids is 1. The summed E-state index contributed by atoms with van der Waals surface area (Å²) in [5.41, 5.74) is 0.625. The van der Waals surface area contributed by atoms with E-state index in [1.54, 1.807) is 31.4 Å². The first-order valence-electron chi connectivity index (χ1n) is 4.64. The predicted molar refractivity (Wildman–Crippen MR) is 67.5 cm³/mol. The van der Waals surface area contributed by atoms with Crippen molar-refractivity contribution in [2.45, 2.75) is 0 Å². The van der Waals surface area contributed by atoms with Crippen LogP contribution in [0.4, 0.5) is 0 Å². The molecule has 0 radical (unpaired) electrons. The maximum atomic E-state index is 11.3. The number of esters is 1. The topological polar surface area (TPSA) is 39.9 Å². The van der Waals surface area contributed by atoms with Gasteiger partial charge >= 0.3 is 5.97 Å². The molecule has 5 heteroatoms. The zero-order chi connectivity index (χ0) is 12.8. The highest BCUT2D eigenvalue weighted by molar-refractivity contribution is 9.15. The molecular weight excluding hydrogens is 286 g/mol. The van der Waals surface area contributed by atoms with Crippen LogP contribution in [-0.4, -0.2) is 20.2 Å². The summed E-state index contributed by atoms with van der Waals surface area (Å²) in [5, 5.41) is 0. The summed E-state index contributed by atoms with van der Waals surface area (Å²) in [4.78, 5) is 14.5. The molecule has 0 spiro atoms. The van der Waals surface area contributed by atoms with E-state index in [-0.39, 0.29) is 5.70 Å². The number of nitrogens with zero attached hydrogens (tertiary/aromatic N) is 1. The number of rotatable bonds is 3. The van der Waals surface area contributed by atoms with Crippen molar-refractivity contribution in [3.8, 4) is 5.75 Å². The van der Waals surface area contributed by atoms with Gasteiger partial charge in [-0.25, -0.2) is 4.85 Å². The Morgan fingerprint density at radius 2 is 1.88 bits per heavy atom. The Kier molecular flexibility index (Phi) is 4.73. The molecule has 0 fully saturated rings. The van der Waals surface area contributed by atoms with E-state index in [9.17, 15) is 4.79 Å². The van der Waals surface area contributed by atoms with Gasteiger partial charge in [0, 0.05) is 4.48 Å². The van der Waals surface area contributed by atoms with Crippen molar-refractivity contribution in [3.63, 3.8) is 0 Å². The number of hydrogen-bond acceptors (Lipinski definition) is 3. The first-order chi connectivity index (χ1) is 8.13. The highest BCUT2D eigenvalue weighted by Crippen LogP contribution is 2.28. The van der Waals surface area contributed by atoms with E-state index in [1.165, 1.54) is 7.11 Å². The Morgan fingerprint density at radius 1 is 1.29 bits per heavy atom. The summed E-state index contributed by atoms with van der Waals surface area (Å²) in [6, 6.07) is 6.99. The van der Waals surface area contributed by atoms with E-state index < -0.39 is 5.97 Å². The molecule has 0 aliphatic heterocycles. The highest BCUT2D eigenvalue weighted by Gasteiger charge is 2.16. The molecule has 0 unspecified atom stereocenters. The molecule has 17 heavy (non-hydrogen) atoms.